The van der Waals surface area contributed by atoms with Gasteiger partial charge in [-0.05, 0) is 37.1 Å². The van der Waals surface area contributed by atoms with Crippen LogP contribution in [0.25, 0.3) is 26.8 Å². The molecule has 10 heteroatoms. The van der Waals surface area contributed by atoms with Crippen molar-refractivity contribution >= 4 is 55.8 Å². The van der Waals surface area contributed by atoms with Crippen LogP contribution >= 0.6 is 23.1 Å². The number of thioether (sulfide) groups is 1. The van der Waals surface area contributed by atoms with E-state index in [2.05, 4.69) is 15.1 Å². The number of fused-ring (bicyclic) bond motifs is 4. The summed E-state index contributed by atoms with van der Waals surface area (Å²) in [4.78, 5) is 36.5. The van der Waals surface area contributed by atoms with Gasteiger partial charge in [-0.3, -0.25) is 4.79 Å². The van der Waals surface area contributed by atoms with Crippen LogP contribution in [0.4, 0.5) is 0 Å². The van der Waals surface area contributed by atoms with E-state index >= 15 is 0 Å². The van der Waals surface area contributed by atoms with Gasteiger partial charge in [0, 0.05) is 22.6 Å². The molecule has 5 aromatic rings. The summed E-state index contributed by atoms with van der Waals surface area (Å²) in [5.74, 6) is 0.0913. The molecule has 4 aromatic heterocycles. The van der Waals surface area contributed by atoms with Crippen LogP contribution in [0.5, 0.6) is 0 Å². The summed E-state index contributed by atoms with van der Waals surface area (Å²) >= 11 is 2.52. The highest BCUT2D eigenvalue weighted by Crippen LogP contribution is 2.34. The maximum Gasteiger partial charge on any atom is 0.346 e. The fraction of sp³-hybridized carbons (Fsp3) is 0.150. The predicted molar refractivity (Wildman–Crippen MR) is 117 cm³/mol. The van der Waals surface area contributed by atoms with Gasteiger partial charge in [-0.1, -0.05) is 23.9 Å². The monoisotopic (exact) mass is 437 g/mol. The number of nitrogens with one attached hydrogen (secondary N) is 1. The molecule has 0 aliphatic carbocycles. The van der Waals surface area contributed by atoms with Gasteiger partial charge in [0.1, 0.15) is 15.5 Å². The largest absolute Gasteiger partial charge is 0.477 e. The highest BCUT2D eigenvalue weighted by atomic mass is 32.2. The first-order valence-corrected chi connectivity index (χ1v) is 10.9. The minimum Gasteiger partial charge on any atom is -0.477 e. The van der Waals surface area contributed by atoms with Crippen molar-refractivity contribution < 1.29 is 9.90 Å². The van der Waals surface area contributed by atoms with Crippen molar-refractivity contribution in [3.8, 4) is 0 Å². The lowest BCUT2D eigenvalue weighted by Crippen LogP contribution is -2.05. The molecule has 0 aliphatic heterocycles. The van der Waals surface area contributed by atoms with Crippen molar-refractivity contribution in [1.29, 1.82) is 0 Å². The van der Waals surface area contributed by atoms with E-state index in [0.29, 0.717) is 27.1 Å². The van der Waals surface area contributed by atoms with Crippen molar-refractivity contribution in [2.24, 2.45) is 0 Å². The van der Waals surface area contributed by atoms with Gasteiger partial charge in [0.2, 0.25) is 5.56 Å². The normalized spacial score (nSPS) is 11.7. The summed E-state index contributed by atoms with van der Waals surface area (Å²) in [7, 11) is 0. The number of hydrogen-bond acceptors (Lipinski definition) is 7. The summed E-state index contributed by atoms with van der Waals surface area (Å²) in [6.07, 6.45) is 0. The van der Waals surface area contributed by atoms with Crippen LogP contribution in [0.2, 0.25) is 0 Å². The number of aromatic amines is 1. The molecular weight excluding hydrogens is 422 g/mol. The van der Waals surface area contributed by atoms with Crippen LogP contribution in [0.1, 0.15) is 26.6 Å². The number of aromatic carboxylic acids is 1. The minimum atomic E-state index is -0.996. The molecule has 0 radical (unpaired) electrons. The van der Waals surface area contributed by atoms with Crippen LogP contribution < -0.4 is 5.56 Å². The van der Waals surface area contributed by atoms with E-state index in [1.54, 1.807) is 11.4 Å². The molecule has 150 valence electrons. The van der Waals surface area contributed by atoms with Gasteiger partial charge in [0.25, 0.3) is 0 Å². The van der Waals surface area contributed by atoms with Crippen molar-refractivity contribution in [2.75, 3.05) is 0 Å². The van der Waals surface area contributed by atoms with E-state index in [4.69, 9.17) is 4.98 Å². The Labute approximate surface area is 177 Å². The lowest BCUT2D eigenvalue weighted by atomic mass is 10.1. The number of H-pyrrole nitrogens is 1. The van der Waals surface area contributed by atoms with Gasteiger partial charge in [0.05, 0.1) is 5.52 Å². The van der Waals surface area contributed by atoms with Gasteiger partial charge in [0.15, 0.2) is 10.8 Å². The number of carbonyl (C=O) groups is 1. The van der Waals surface area contributed by atoms with Crippen molar-refractivity contribution in [3.05, 3.63) is 62.5 Å². The van der Waals surface area contributed by atoms with Crippen LogP contribution in [0, 0.1) is 13.8 Å². The molecule has 0 saturated carbocycles. The van der Waals surface area contributed by atoms with Crippen molar-refractivity contribution in [1.82, 2.24) is 24.6 Å². The molecule has 0 saturated heterocycles. The summed E-state index contributed by atoms with van der Waals surface area (Å²) in [6.45, 7) is 3.60. The SMILES string of the molecule is Cc1nc2c3ccccc3nc(SCc3cc(=O)[nH]c4sc(C(=O)O)c(C)c34)n2n1. The second kappa shape index (κ2) is 6.92. The predicted octanol–water partition coefficient (Wildman–Crippen LogP) is 3.79. The van der Waals surface area contributed by atoms with Crippen molar-refractivity contribution in [2.45, 2.75) is 24.8 Å². The highest BCUT2D eigenvalue weighted by Gasteiger charge is 2.19. The zero-order valence-electron chi connectivity index (χ0n) is 16.0. The number of aromatic nitrogens is 5. The second-order valence-electron chi connectivity index (χ2n) is 6.82. The summed E-state index contributed by atoms with van der Waals surface area (Å²) in [6, 6.07) is 9.27. The third-order valence-electron chi connectivity index (χ3n) is 4.82. The Bertz CT molecular complexity index is 1530. The van der Waals surface area contributed by atoms with Crippen LogP contribution in [-0.4, -0.2) is 35.6 Å². The van der Waals surface area contributed by atoms with E-state index < -0.39 is 5.97 Å². The minimum absolute atomic E-state index is 0.233. The first-order valence-electron chi connectivity index (χ1n) is 9.06. The van der Waals surface area contributed by atoms with Gasteiger partial charge in [-0.25, -0.2) is 14.8 Å². The number of carboxylic acids is 1. The van der Waals surface area contributed by atoms with Gasteiger partial charge >= 0.3 is 5.97 Å². The van der Waals surface area contributed by atoms with E-state index in [1.807, 2.05) is 31.2 Å². The maximum absolute atomic E-state index is 12.1. The zero-order valence-corrected chi connectivity index (χ0v) is 17.6. The summed E-state index contributed by atoms with van der Waals surface area (Å²) in [5.41, 5.74) is 2.71. The molecule has 0 spiro atoms. The molecule has 0 unspecified atom stereocenters. The fourth-order valence-electron chi connectivity index (χ4n) is 3.55. The summed E-state index contributed by atoms with van der Waals surface area (Å²) < 4.78 is 1.72. The Morgan fingerprint density at radius 2 is 2.07 bits per heavy atom. The van der Waals surface area contributed by atoms with Crippen LogP contribution in [0.15, 0.2) is 40.3 Å². The van der Waals surface area contributed by atoms with Gasteiger partial charge < -0.3 is 10.1 Å². The molecule has 30 heavy (non-hydrogen) atoms. The number of rotatable bonds is 4. The molecule has 0 bridgehead atoms. The summed E-state index contributed by atoms with van der Waals surface area (Å²) in [5, 5.41) is 16.3. The average Bonchev–Trinajstić information content (AvgIpc) is 3.26. The standard InChI is InChI=1S/C20H15N5O3S2/c1-9-15-11(7-14(26)23-18(15)30-16(9)19(27)28)8-29-20-22-13-6-4-3-5-12(13)17-21-10(2)24-25(17)20/h3-7H,8H2,1-2H3,(H,23,26)(H,27,28). The first kappa shape index (κ1) is 18.8. The molecule has 0 aliphatic rings. The fourth-order valence-corrected chi connectivity index (χ4v) is 5.56. The number of pyridine rings is 1. The quantitative estimate of drug-likeness (QED) is 0.325. The van der Waals surface area contributed by atoms with Gasteiger partial charge in [-0.2, -0.15) is 4.52 Å². The third-order valence-corrected chi connectivity index (χ3v) is 6.99. The molecule has 5 rings (SSSR count). The Balaban J connectivity index is 1.63. The average molecular weight is 438 g/mol. The van der Waals surface area contributed by atoms with E-state index in [-0.39, 0.29) is 10.4 Å². The number of carboxylic acid groups (broad SMARTS) is 1. The molecule has 0 fully saturated rings. The molecular formula is C20H15N5O3S2. The number of para-hydroxylation sites is 1. The lowest BCUT2D eigenvalue weighted by Gasteiger charge is -2.07. The number of thiophene rings is 1. The number of aryl methyl sites for hydroxylation is 2. The molecule has 8 nitrogen and oxygen atoms in total. The second-order valence-corrected chi connectivity index (χ2v) is 8.78. The number of benzene rings is 1. The van der Waals surface area contributed by atoms with E-state index in [9.17, 15) is 14.7 Å². The smallest absolute Gasteiger partial charge is 0.346 e. The van der Waals surface area contributed by atoms with Gasteiger partial charge in [-0.15, -0.1) is 16.4 Å². The van der Waals surface area contributed by atoms with Crippen LogP contribution in [-0.2, 0) is 5.75 Å². The maximum atomic E-state index is 12.1. The molecule has 1 aromatic carbocycles. The Morgan fingerprint density at radius 1 is 1.27 bits per heavy atom. The number of nitrogens with zero attached hydrogens (tertiary/aromatic N) is 4. The molecule has 0 atom stereocenters. The molecule has 4 heterocycles. The Kier molecular flexibility index (Phi) is 4.33. The third kappa shape index (κ3) is 2.96. The van der Waals surface area contributed by atoms with Crippen LogP contribution in [0.3, 0.4) is 0 Å². The zero-order chi connectivity index (χ0) is 21.0. The number of hydrogen-bond donors (Lipinski definition) is 2. The Hall–Kier alpha value is -3.24. The van der Waals surface area contributed by atoms with E-state index in [1.165, 1.54) is 17.8 Å². The van der Waals surface area contributed by atoms with E-state index in [0.717, 1.165) is 38.8 Å². The highest BCUT2D eigenvalue weighted by molar-refractivity contribution is 7.98. The topological polar surface area (TPSA) is 113 Å². The molecule has 2 N–H and O–H groups in total. The lowest BCUT2D eigenvalue weighted by molar-refractivity contribution is 0.0701. The first-order chi connectivity index (χ1) is 14.4. The molecule has 0 amide bonds. The van der Waals surface area contributed by atoms with Crippen molar-refractivity contribution in [3.63, 3.8) is 0 Å². The Morgan fingerprint density at radius 3 is 2.87 bits per heavy atom.